The number of fused-ring (bicyclic) bond motifs is 8. The number of hydrogen-bond acceptors (Lipinski definition) is 1. The highest BCUT2D eigenvalue weighted by Gasteiger charge is 2.44. The molecule has 0 atom stereocenters. The van der Waals surface area contributed by atoms with E-state index in [1.807, 2.05) is 6.07 Å². The molecule has 0 aliphatic carbocycles. The Hall–Kier alpha value is -3.77. The molecule has 0 unspecified atom stereocenters. The lowest BCUT2D eigenvalue weighted by Crippen LogP contribution is -2.63. The van der Waals surface area contributed by atoms with E-state index in [9.17, 15) is 5.26 Å². The zero-order valence-corrected chi connectivity index (χ0v) is 17.5. The first-order chi connectivity index (χ1) is 15.1. The molecule has 0 N–H and O–H groups in total. The zero-order chi connectivity index (χ0) is 20.9. The van der Waals surface area contributed by atoms with Crippen molar-refractivity contribution in [3.05, 3.63) is 95.6 Å². The molecular weight excluding hydrogens is 375 g/mol. The molecule has 144 valence electrons. The molecule has 0 saturated carbocycles. The Labute approximate surface area is 181 Å². The van der Waals surface area contributed by atoms with Gasteiger partial charge in [0.25, 0.3) is 0 Å². The number of benzene rings is 4. The fourth-order valence-electron chi connectivity index (χ4n) is 6.17. The van der Waals surface area contributed by atoms with Gasteiger partial charge in [-0.15, -0.1) is 0 Å². The summed E-state index contributed by atoms with van der Waals surface area (Å²) < 4.78 is 2.43. The minimum atomic E-state index is -0.0811. The van der Waals surface area contributed by atoms with Gasteiger partial charge in [0.05, 0.1) is 17.1 Å². The van der Waals surface area contributed by atoms with Crippen molar-refractivity contribution >= 4 is 44.9 Å². The number of hydrogen-bond donors (Lipinski definition) is 0. The van der Waals surface area contributed by atoms with Crippen LogP contribution in [0.25, 0.3) is 27.5 Å². The van der Waals surface area contributed by atoms with Crippen LogP contribution in [0.2, 0.25) is 0 Å². The predicted molar refractivity (Wildman–Crippen MR) is 129 cm³/mol. The summed E-state index contributed by atoms with van der Waals surface area (Å²) in [5.41, 5.74) is 11.1. The molecule has 0 bridgehead atoms. The first-order valence-corrected chi connectivity index (χ1v) is 10.8. The molecular formula is C28H19BN2. The van der Waals surface area contributed by atoms with Crippen LogP contribution in [0.5, 0.6) is 0 Å². The SMILES string of the molecule is CC1(C)c2ccccc2B2c3cc(C#N)ccc3-n3c4ccccc4c4ccc1c2c43. The summed E-state index contributed by atoms with van der Waals surface area (Å²) in [7, 11) is 0. The van der Waals surface area contributed by atoms with Gasteiger partial charge in [-0.3, -0.25) is 0 Å². The predicted octanol–water partition coefficient (Wildman–Crippen LogP) is 4.12. The van der Waals surface area contributed by atoms with Crippen LogP contribution >= 0.6 is 0 Å². The fraction of sp³-hybridized carbons (Fsp3) is 0.107. The lowest BCUT2D eigenvalue weighted by molar-refractivity contribution is 0.646. The second-order valence-electron chi connectivity index (χ2n) is 9.31. The average molecular weight is 394 g/mol. The Balaban J connectivity index is 1.78. The third-order valence-electron chi connectivity index (χ3n) is 7.49. The van der Waals surface area contributed by atoms with Gasteiger partial charge in [0.1, 0.15) is 0 Å². The molecule has 2 aliphatic rings. The summed E-state index contributed by atoms with van der Waals surface area (Å²) in [5, 5.41) is 12.3. The van der Waals surface area contributed by atoms with Gasteiger partial charge in [-0.25, -0.2) is 0 Å². The number of para-hydroxylation sites is 1. The van der Waals surface area contributed by atoms with Crippen LogP contribution in [0.4, 0.5) is 0 Å². The largest absolute Gasteiger partial charge is 0.310 e. The van der Waals surface area contributed by atoms with E-state index >= 15 is 0 Å². The summed E-state index contributed by atoms with van der Waals surface area (Å²) in [4.78, 5) is 0. The molecule has 4 aromatic carbocycles. The fourth-order valence-corrected chi connectivity index (χ4v) is 6.17. The maximum absolute atomic E-state index is 9.67. The first-order valence-electron chi connectivity index (χ1n) is 10.8. The summed E-state index contributed by atoms with van der Waals surface area (Å²) in [6.07, 6.45) is 0. The van der Waals surface area contributed by atoms with Crippen molar-refractivity contribution < 1.29 is 0 Å². The van der Waals surface area contributed by atoms with Crippen molar-refractivity contribution in [1.82, 2.24) is 4.57 Å². The van der Waals surface area contributed by atoms with Crippen LogP contribution < -0.4 is 16.4 Å². The highest BCUT2D eigenvalue weighted by atomic mass is 15.0. The molecule has 2 aliphatic heterocycles. The maximum Gasteiger partial charge on any atom is 0.247 e. The van der Waals surface area contributed by atoms with E-state index in [4.69, 9.17) is 0 Å². The van der Waals surface area contributed by atoms with Crippen LogP contribution in [0.15, 0.2) is 78.9 Å². The van der Waals surface area contributed by atoms with Gasteiger partial charge in [0, 0.05) is 27.4 Å². The van der Waals surface area contributed by atoms with Gasteiger partial charge >= 0.3 is 0 Å². The number of rotatable bonds is 0. The molecule has 7 rings (SSSR count). The zero-order valence-electron chi connectivity index (χ0n) is 17.5. The van der Waals surface area contributed by atoms with E-state index in [0.717, 1.165) is 5.56 Å². The standard InChI is InChI=1S/C28H19BN2/c1-28(2)20-8-4-5-9-22(20)29-23-15-17(16-30)11-14-25(23)31-24-10-6-3-7-18(24)19-12-13-21(28)26(29)27(19)31/h3-15H,1-2H3. The molecule has 5 aromatic rings. The number of nitriles is 1. The van der Waals surface area contributed by atoms with E-state index in [1.54, 1.807) is 0 Å². The lowest BCUT2D eigenvalue weighted by atomic mass is 9.30. The Kier molecular flexibility index (Phi) is 3.00. The topological polar surface area (TPSA) is 28.7 Å². The van der Waals surface area contributed by atoms with Crippen molar-refractivity contribution in [2.24, 2.45) is 0 Å². The average Bonchev–Trinajstić information content (AvgIpc) is 3.14. The van der Waals surface area contributed by atoms with Gasteiger partial charge < -0.3 is 4.57 Å². The van der Waals surface area contributed by atoms with Gasteiger partial charge in [-0.2, -0.15) is 5.26 Å². The normalized spacial score (nSPS) is 14.9. The molecule has 31 heavy (non-hydrogen) atoms. The smallest absolute Gasteiger partial charge is 0.247 e. The van der Waals surface area contributed by atoms with Crippen molar-refractivity contribution in [2.45, 2.75) is 19.3 Å². The maximum atomic E-state index is 9.67. The Morgan fingerprint density at radius 2 is 1.61 bits per heavy atom. The number of aromatic nitrogens is 1. The molecule has 3 heterocycles. The monoisotopic (exact) mass is 394 g/mol. The minimum Gasteiger partial charge on any atom is -0.310 e. The Morgan fingerprint density at radius 3 is 2.48 bits per heavy atom. The van der Waals surface area contributed by atoms with E-state index in [2.05, 4.69) is 97.3 Å². The minimum absolute atomic E-state index is 0.0811. The van der Waals surface area contributed by atoms with Crippen LogP contribution in [-0.2, 0) is 5.41 Å². The van der Waals surface area contributed by atoms with Crippen molar-refractivity contribution in [3.8, 4) is 11.8 Å². The Bertz CT molecular complexity index is 1630. The van der Waals surface area contributed by atoms with Gasteiger partial charge in [0.2, 0.25) is 6.71 Å². The van der Waals surface area contributed by atoms with E-state index < -0.39 is 0 Å². The van der Waals surface area contributed by atoms with Gasteiger partial charge in [-0.05, 0) is 46.3 Å². The Morgan fingerprint density at radius 1 is 0.806 bits per heavy atom. The molecule has 3 heteroatoms. The van der Waals surface area contributed by atoms with E-state index in [-0.39, 0.29) is 12.1 Å². The van der Waals surface area contributed by atoms with Crippen molar-refractivity contribution in [1.29, 1.82) is 5.26 Å². The third-order valence-corrected chi connectivity index (χ3v) is 7.49. The molecule has 0 saturated heterocycles. The summed E-state index contributed by atoms with van der Waals surface area (Å²) >= 11 is 0. The van der Waals surface area contributed by atoms with E-state index in [1.165, 1.54) is 55.0 Å². The first kappa shape index (κ1) is 17.0. The quantitative estimate of drug-likeness (QED) is 0.356. The van der Waals surface area contributed by atoms with Crippen LogP contribution in [0.1, 0.15) is 30.5 Å². The highest BCUT2D eigenvalue weighted by Crippen LogP contribution is 2.40. The number of nitrogens with zero attached hydrogens (tertiary/aromatic N) is 2. The third kappa shape index (κ3) is 1.89. The van der Waals surface area contributed by atoms with Gasteiger partial charge in [0.15, 0.2) is 0 Å². The van der Waals surface area contributed by atoms with Gasteiger partial charge in [-0.1, -0.05) is 73.9 Å². The van der Waals surface area contributed by atoms with Crippen LogP contribution in [0, 0.1) is 11.3 Å². The molecule has 0 spiro atoms. The molecule has 1 aromatic heterocycles. The highest BCUT2D eigenvalue weighted by molar-refractivity contribution is 6.99. The van der Waals surface area contributed by atoms with Crippen LogP contribution in [-0.4, -0.2) is 11.3 Å². The summed E-state index contributed by atoms with van der Waals surface area (Å²) in [6.45, 7) is 4.82. The molecule has 0 fully saturated rings. The van der Waals surface area contributed by atoms with E-state index in [0.29, 0.717) is 0 Å². The van der Waals surface area contributed by atoms with Crippen molar-refractivity contribution in [2.75, 3.05) is 0 Å². The second-order valence-corrected chi connectivity index (χ2v) is 9.31. The summed E-state index contributed by atoms with van der Waals surface area (Å²) in [5.74, 6) is 0. The molecule has 0 radical (unpaired) electrons. The molecule has 2 nitrogen and oxygen atoms in total. The van der Waals surface area contributed by atoms with Crippen LogP contribution in [0.3, 0.4) is 0 Å². The molecule has 0 amide bonds. The lowest BCUT2D eigenvalue weighted by Gasteiger charge is -2.41. The van der Waals surface area contributed by atoms with Crippen molar-refractivity contribution in [3.63, 3.8) is 0 Å². The second kappa shape index (κ2) is 5.48. The summed E-state index contributed by atoms with van der Waals surface area (Å²) in [6, 6.07) is 30.8.